The lowest BCUT2D eigenvalue weighted by Gasteiger charge is -2.32. The van der Waals surface area contributed by atoms with Crippen molar-refractivity contribution in [2.45, 2.75) is 44.6 Å². The lowest BCUT2D eigenvalue weighted by molar-refractivity contribution is -0.151. The molecule has 1 aliphatic carbocycles. The molecule has 1 N–H and O–H groups in total. The van der Waals surface area contributed by atoms with E-state index in [1.165, 1.54) is 0 Å². The molecule has 84 valence electrons. The Morgan fingerprint density at radius 3 is 2.93 bits per heavy atom. The fourth-order valence-corrected chi connectivity index (χ4v) is 2.60. The normalized spacial score (nSPS) is 35.6. The molecule has 2 atom stereocenters. The average Bonchev–Trinajstić information content (AvgIpc) is 2.71. The molecule has 0 radical (unpaired) electrons. The highest BCUT2D eigenvalue weighted by Crippen LogP contribution is 2.39. The van der Waals surface area contributed by atoms with Crippen molar-refractivity contribution in [3.05, 3.63) is 12.2 Å². The molecule has 1 fully saturated rings. The minimum Gasteiger partial charge on any atom is -0.481 e. The van der Waals surface area contributed by atoms with Crippen LogP contribution < -0.4 is 0 Å². The maximum absolute atomic E-state index is 11.4. The Morgan fingerprint density at radius 2 is 2.40 bits per heavy atom. The highest BCUT2D eigenvalue weighted by atomic mass is 16.5. The van der Waals surface area contributed by atoms with Crippen LogP contribution in [0.3, 0.4) is 0 Å². The van der Waals surface area contributed by atoms with E-state index in [0.717, 1.165) is 32.3 Å². The molecule has 0 spiro atoms. The number of rotatable bonds is 3. The highest BCUT2D eigenvalue weighted by molar-refractivity contribution is 5.75. The van der Waals surface area contributed by atoms with E-state index in [4.69, 9.17) is 4.74 Å². The molecule has 2 aliphatic rings. The standard InChI is InChI=1S/C12H18O3/c13-11(14)12(6-2-1-3-7-12)9-10-5-4-8-15-10/h1-2,10H,3-9H2,(H,13,14). The van der Waals surface area contributed by atoms with Crippen LogP contribution in [-0.4, -0.2) is 23.8 Å². The second kappa shape index (κ2) is 4.35. The quantitative estimate of drug-likeness (QED) is 0.727. The zero-order valence-electron chi connectivity index (χ0n) is 8.95. The summed E-state index contributed by atoms with van der Waals surface area (Å²) in [6.45, 7) is 0.802. The molecule has 0 aromatic rings. The van der Waals surface area contributed by atoms with Crippen LogP contribution >= 0.6 is 0 Å². The topological polar surface area (TPSA) is 46.5 Å². The SMILES string of the molecule is O=C(O)C1(CC2CCCO2)CC=CCC1. The maximum Gasteiger partial charge on any atom is 0.310 e. The number of hydrogen-bond acceptors (Lipinski definition) is 2. The van der Waals surface area contributed by atoms with Gasteiger partial charge in [-0.15, -0.1) is 0 Å². The summed E-state index contributed by atoms with van der Waals surface area (Å²) in [5.41, 5.74) is -0.552. The third-order valence-electron chi connectivity index (χ3n) is 3.56. The van der Waals surface area contributed by atoms with E-state index in [1.54, 1.807) is 0 Å². The molecular formula is C12H18O3. The van der Waals surface area contributed by atoms with Crippen LogP contribution in [0.1, 0.15) is 38.5 Å². The van der Waals surface area contributed by atoms with Gasteiger partial charge in [-0.25, -0.2) is 0 Å². The van der Waals surface area contributed by atoms with Crippen molar-refractivity contribution in [3.8, 4) is 0 Å². The predicted molar refractivity (Wildman–Crippen MR) is 56.7 cm³/mol. The lowest BCUT2D eigenvalue weighted by Crippen LogP contribution is -2.35. The van der Waals surface area contributed by atoms with Crippen LogP contribution in [0.2, 0.25) is 0 Å². The summed E-state index contributed by atoms with van der Waals surface area (Å²) >= 11 is 0. The van der Waals surface area contributed by atoms with Crippen molar-refractivity contribution in [2.75, 3.05) is 6.61 Å². The van der Waals surface area contributed by atoms with Gasteiger partial charge in [0.25, 0.3) is 0 Å². The van der Waals surface area contributed by atoms with E-state index in [0.29, 0.717) is 12.8 Å². The van der Waals surface area contributed by atoms with Crippen LogP contribution in [0.25, 0.3) is 0 Å². The van der Waals surface area contributed by atoms with Crippen LogP contribution in [-0.2, 0) is 9.53 Å². The van der Waals surface area contributed by atoms with E-state index in [2.05, 4.69) is 6.08 Å². The minimum absolute atomic E-state index is 0.174. The Kier molecular flexibility index (Phi) is 3.10. The van der Waals surface area contributed by atoms with Crippen LogP contribution in [0, 0.1) is 5.41 Å². The van der Waals surface area contributed by atoms with E-state index in [1.807, 2.05) is 6.08 Å². The van der Waals surface area contributed by atoms with Crippen LogP contribution in [0.4, 0.5) is 0 Å². The van der Waals surface area contributed by atoms with Gasteiger partial charge in [0.15, 0.2) is 0 Å². The van der Waals surface area contributed by atoms with Crippen molar-refractivity contribution >= 4 is 5.97 Å². The number of carboxylic acids is 1. The van der Waals surface area contributed by atoms with E-state index in [9.17, 15) is 9.90 Å². The molecule has 0 aromatic carbocycles. The van der Waals surface area contributed by atoms with Gasteiger partial charge in [0.05, 0.1) is 11.5 Å². The predicted octanol–water partition coefficient (Wildman–Crippen LogP) is 2.37. The van der Waals surface area contributed by atoms with Gasteiger partial charge in [-0.05, 0) is 38.5 Å². The van der Waals surface area contributed by atoms with Gasteiger partial charge < -0.3 is 9.84 Å². The second-order valence-corrected chi connectivity index (χ2v) is 4.64. The van der Waals surface area contributed by atoms with Crippen LogP contribution in [0.5, 0.6) is 0 Å². The summed E-state index contributed by atoms with van der Waals surface area (Å²) < 4.78 is 5.54. The lowest BCUT2D eigenvalue weighted by atomic mass is 9.73. The van der Waals surface area contributed by atoms with Crippen molar-refractivity contribution in [1.82, 2.24) is 0 Å². The van der Waals surface area contributed by atoms with Gasteiger partial charge in [-0.3, -0.25) is 4.79 Å². The Morgan fingerprint density at radius 1 is 1.53 bits per heavy atom. The molecule has 3 nitrogen and oxygen atoms in total. The number of ether oxygens (including phenoxy) is 1. The molecule has 2 rings (SSSR count). The smallest absolute Gasteiger partial charge is 0.310 e. The third kappa shape index (κ3) is 2.23. The van der Waals surface area contributed by atoms with Crippen molar-refractivity contribution in [2.24, 2.45) is 5.41 Å². The third-order valence-corrected chi connectivity index (χ3v) is 3.56. The summed E-state index contributed by atoms with van der Waals surface area (Å²) in [4.78, 5) is 11.4. The van der Waals surface area contributed by atoms with E-state index in [-0.39, 0.29) is 6.10 Å². The molecule has 2 unspecified atom stereocenters. The Bertz CT molecular complexity index is 266. The number of aliphatic carboxylic acids is 1. The maximum atomic E-state index is 11.4. The zero-order chi connectivity index (χ0) is 10.7. The first-order valence-corrected chi connectivity index (χ1v) is 5.73. The molecule has 1 heterocycles. The summed E-state index contributed by atoms with van der Waals surface area (Å²) in [6, 6.07) is 0. The van der Waals surface area contributed by atoms with Gasteiger partial charge in [0.1, 0.15) is 0 Å². The Hall–Kier alpha value is -0.830. The van der Waals surface area contributed by atoms with E-state index >= 15 is 0 Å². The minimum atomic E-state index is -0.651. The molecule has 0 bridgehead atoms. The molecule has 1 saturated heterocycles. The second-order valence-electron chi connectivity index (χ2n) is 4.64. The van der Waals surface area contributed by atoms with Crippen molar-refractivity contribution < 1.29 is 14.6 Å². The number of carboxylic acid groups (broad SMARTS) is 1. The number of carbonyl (C=O) groups is 1. The first kappa shape index (κ1) is 10.7. The van der Waals surface area contributed by atoms with Gasteiger partial charge in [-0.1, -0.05) is 12.2 Å². The van der Waals surface area contributed by atoms with Gasteiger partial charge in [0.2, 0.25) is 0 Å². The summed E-state index contributed by atoms with van der Waals surface area (Å²) in [7, 11) is 0. The molecule has 1 aliphatic heterocycles. The zero-order valence-corrected chi connectivity index (χ0v) is 8.95. The van der Waals surface area contributed by atoms with Crippen molar-refractivity contribution in [1.29, 1.82) is 0 Å². The number of allylic oxidation sites excluding steroid dienone is 2. The first-order valence-electron chi connectivity index (χ1n) is 5.73. The monoisotopic (exact) mass is 210 g/mol. The molecule has 0 aromatic heterocycles. The molecule has 15 heavy (non-hydrogen) atoms. The Balaban J connectivity index is 2.04. The first-order chi connectivity index (χ1) is 7.23. The molecule has 0 saturated carbocycles. The summed E-state index contributed by atoms with van der Waals surface area (Å²) in [5.74, 6) is -0.651. The largest absolute Gasteiger partial charge is 0.481 e. The fraction of sp³-hybridized carbons (Fsp3) is 0.750. The van der Waals surface area contributed by atoms with Gasteiger partial charge in [0, 0.05) is 6.61 Å². The van der Waals surface area contributed by atoms with Crippen molar-refractivity contribution in [3.63, 3.8) is 0 Å². The number of hydrogen-bond donors (Lipinski definition) is 1. The fourth-order valence-electron chi connectivity index (χ4n) is 2.60. The van der Waals surface area contributed by atoms with E-state index < -0.39 is 11.4 Å². The molecule has 0 amide bonds. The Labute approximate surface area is 90.1 Å². The molecule has 3 heteroatoms. The average molecular weight is 210 g/mol. The molecular weight excluding hydrogens is 192 g/mol. The van der Waals surface area contributed by atoms with Gasteiger partial charge in [-0.2, -0.15) is 0 Å². The summed E-state index contributed by atoms with van der Waals surface area (Å²) in [5, 5.41) is 9.36. The van der Waals surface area contributed by atoms with Crippen LogP contribution in [0.15, 0.2) is 12.2 Å². The summed E-state index contributed by atoms with van der Waals surface area (Å²) in [6.07, 6.45) is 9.37. The highest BCUT2D eigenvalue weighted by Gasteiger charge is 2.40. The van der Waals surface area contributed by atoms with Gasteiger partial charge >= 0.3 is 5.97 Å².